The smallest absolute Gasteiger partial charge is 0.341 e. The number of aromatic nitrogens is 2. The van der Waals surface area contributed by atoms with Gasteiger partial charge in [-0.1, -0.05) is 12.1 Å². The van der Waals surface area contributed by atoms with Gasteiger partial charge in [0.05, 0.1) is 30.1 Å². The van der Waals surface area contributed by atoms with Crippen molar-refractivity contribution in [3.63, 3.8) is 0 Å². The molecule has 30 heavy (non-hydrogen) atoms. The zero-order chi connectivity index (χ0) is 21.1. The van der Waals surface area contributed by atoms with E-state index in [9.17, 15) is 14.4 Å². The van der Waals surface area contributed by atoms with Gasteiger partial charge >= 0.3 is 5.97 Å². The molecule has 0 bridgehead atoms. The van der Waals surface area contributed by atoms with Crippen LogP contribution in [0.15, 0.2) is 63.6 Å². The molecule has 1 N–H and O–H groups in total. The van der Waals surface area contributed by atoms with Crippen LogP contribution in [0.5, 0.6) is 0 Å². The van der Waals surface area contributed by atoms with Crippen LogP contribution < -0.4 is 10.9 Å². The van der Waals surface area contributed by atoms with E-state index in [4.69, 9.17) is 9.15 Å². The molecule has 0 unspecified atom stereocenters. The Morgan fingerprint density at radius 1 is 1.23 bits per heavy atom. The normalized spacial score (nSPS) is 10.8. The summed E-state index contributed by atoms with van der Waals surface area (Å²) in [6, 6.07) is 10.3. The third-order valence-electron chi connectivity index (χ3n) is 4.36. The van der Waals surface area contributed by atoms with Gasteiger partial charge in [-0.05, 0) is 31.2 Å². The number of hydrogen-bond donors (Lipinski definition) is 1. The summed E-state index contributed by atoms with van der Waals surface area (Å²) in [4.78, 5) is 41.9. The lowest BCUT2D eigenvalue weighted by Crippen LogP contribution is -2.28. The number of para-hydroxylation sites is 1. The molecular formula is C21H17N3O5S. The number of carbonyl (C=O) groups excluding carboxylic acids is 2. The van der Waals surface area contributed by atoms with E-state index in [0.29, 0.717) is 27.2 Å². The van der Waals surface area contributed by atoms with Crippen molar-refractivity contribution in [1.29, 1.82) is 0 Å². The number of carbonyl (C=O) groups is 2. The van der Waals surface area contributed by atoms with Crippen molar-refractivity contribution in [3.8, 4) is 11.3 Å². The highest BCUT2D eigenvalue weighted by atomic mass is 32.1. The van der Waals surface area contributed by atoms with E-state index >= 15 is 0 Å². The molecule has 3 heterocycles. The van der Waals surface area contributed by atoms with Crippen LogP contribution in [0, 0.1) is 0 Å². The highest BCUT2D eigenvalue weighted by Gasteiger charge is 2.24. The average molecular weight is 423 g/mol. The molecule has 4 aromatic rings. The van der Waals surface area contributed by atoms with E-state index in [1.54, 1.807) is 48.7 Å². The largest absolute Gasteiger partial charge is 0.464 e. The van der Waals surface area contributed by atoms with Crippen LogP contribution in [-0.2, 0) is 16.1 Å². The molecule has 0 aliphatic rings. The van der Waals surface area contributed by atoms with Crippen molar-refractivity contribution in [3.05, 3.63) is 70.3 Å². The Morgan fingerprint density at radius 2 is 2.07 bits per heavy atom. The number of thiophene rings is 1. The quantitative estimate of drug-likeness (QED) is 0.476. The number of benzene rings is 1. The summed E-state index contributed by atoms with van der Waals surface area (Å²) >= 11 is 1.18. The lowest BCUT2D eigenvalue weighted by atomic mass is 10.1. The first-order valence-corrected chi connectivity index (χ1v) is 10.0. The molecule has 1 aromatic carbocycles. The molecule has 0 saturated heterocycles. The first-order chi connectivity index (χ1) is 14.6. The lowest BCUT2D eigenvalue weighted by Gasteiger charge is -2.09. The van der Waals surface area contributed by atoms with E-state index < -0.39 is 11.9 Å². The first-order valence-electron chi connectivity index (χ1n) is 9.15. The number of anilines is 1. The zero-order valence-electron chi connectivity index (χ0n) is 16.0. The fourth-order valence-electron chi connectivity index (χ4n) is 3.01. The molecule has 0 aliphatic carbocycles. The van der Waals surface area contributed by atoms with Gasteiger partial charge in [-0.25, -0.2) is 9.78 Å². The average Bonchev–Trinajstić information content (AvgIpc) is 3.40. The van der Waals surface area contributed by atoms with Crippen molar-refractivity contribution in [2.24, 2.45) is 0 Å². The number of furan rings is 1. The van der Waals surface area contributed by atoms with Gasteiger partial charge in [0.1, 0.15) is 22.9 Å². The van der Waals surface area contributed by atoms with Gasteiger partial charge in [0, 0.05) is 10.9 Å². The van der Waals surface area contributed by atoms with E-state index in [0.717, 1.165) is 0 Å². The molecular weight excluding hydrogens is 406 g/mol. The van der Waals surface area contributed by atoms with Crippen LogP contribution in [0.3, 0.4) is 0 Å². The maximum absolute atomic E-state index is 12.6. The molecule has 8 nitrogen and oxygen atoms in total. The number of ether oxygens (including phenoxy) is 1. The Bertz CT molecular complexity index is 1270. The molecule has 0 aliphatic heterocycles. The monoisotopic (exact) mass is 423 g/mol. The third-order valence-corrected chi connectivity index (χ3v) is 5.25. The molecule has 3 aromatic heterocycles. The highest BCUT2D eigenvalue weighted by molar-refractivity contribution is 7.15. The standard InChI is InChI=1S/C21H17N3O5S/c1-2-28-21(27)18-14(16-8-5-9-29-16)11-30-19(18)23-17(25)10-24-12-22-15-7-4-3-6-13(15)20(24)26/h3-9,11-12H,2,10H2,1H3,(H,23,25). The van der Waals surface area contributed by atoms with E-state index in [1.165, 1.54) is 28.5 Å². The number of amides is 1. The fourth-order valence-corrected chi connectivity index (χ4v) is 3.96. The number of rotatable bonds is 6. The molecule has 0 fully saturated rings. The van der Waals surface area contributed by atoms with Crippen LogP contribution in [-0.4, -0.2) is 28.0 Å². The predicted molar refractivity (Wildman–Crippen MR) is 113 cm³/mol. The van der Waals surface area contributed by atoms with Crippen molar-refractivity contribution in [1.82, 2.24) is 9.55 Å². The van der Waals surface area contributed by atoms with Gasteiger partial charge in [0.25, 0.3) is 5.56 Å². The van der Waals surface area contributed by atoms with Gasteiger partial charge in [0.15, 0.2) is 0 Å². The van der Waals surface area contributed by atoms with Crippen LogP contribution >= 0.6 is 11.3 Å². The Kier molecular flexibility index (Phi) is 5.44. The van der Waals surface area contributed by atoms with E-state index in [1.807, 2.05) is 0 Å². The minimum atomic E-state index is -0.565. The number of nitrogens with one attached hydrogen (secondary N) is 1. The highest BCUT2D eigenvalue weighted by Crippen LogP contribution is 2.36. The number of esters is 1. The molecule has 9 heteroatoms. The van der Waals surface area contributed by atoms with Gasteiger partial charge in [0.2, 0.25) is 5.91 Å². The van der Waals surface area contributed by atoms with Crippen LogP contribution in [0.4, 0.5) is 5.00 Å². The molecule has 0 spiro atoms. The molecule has 4 rings (SSSR count). The van der Waals surface area contributed by atoms with E-state index in [2.05, 4.69) is 10.3 Å². The topological polar surface area (TPSA) is 103 Å². The summed E-state index contributed by atoms with van der Waals surface area (Å²) in [5, 5.41) is 5.17. The van der Waals surface area contributed by atoms with Crippen LogP contribution in [0.2, 0.25) is 0 Å². The summed E-state index contributed by atoms with van der Waals surface area (Å²) < 4.78 is 11.8. The van der Waals surface area contributed by atoms with Gasteiger partial charge in [-0.3, -0.25) is 14.2 Å². The molecule has 152 valence electrons. The van der Waals surface area contributed by atoms with Crippen LogP contribution in [0.1, 0.15) is 17.3 Å². The summed E-state index contributed by atoms with van der Waals surface area (Å²) in [6.45, 7) is 1.65. The number of hydrogen-bond acceptors (Lipinski definition) is 7. The summed E-state index contributed by atoms with van der Waals surface area (Å²) in [6.07, 6.45) is 2.83. The van der Waals surface area contributed by atoms with Gasteiger partial charge in [-0.2, -0.15) is 0 Å². The third kappa shape index (κ3) is 3.74. The maximum Gasteiger partial charge on any atom is 0.341 e. The lowest BCUT2D eigenvalue weighted by molar-refractivity contribution is -0.116. The molecule has 1 amide bonds. The first kappa shape index (κ1) is 19.6. The minimum absolute atomic E-state index is 0.192. The summed E-state index contributed by atoms with van der Waals surface area (Å²) in [5.74, 6) is -0.540. The maximum atomic E-state index is 12.6. The Balaban J connectivity index is 1.61. The van der Waals surface area contributed by atoms with Crippen molar-refractivity contribution < 1.29 is 18.7 Å². The van der Waals surface area contributed by atoms with E-state index in [-0.39, 0.29) is 24.3 Å². The second-order valence-electron chi connectivity index (χ2n) is 6.29. The SMILES string of the molecule is CCOC(=O)c1c(-c2ccco2)csc1NC(=O)Cn1cnc2ccccc2c1=O. The second kappa shape index (κ2) is 8.34. The Labute approximate surface area is 174 Å². The van der Waals surface area contributed by atoms with Gasteiger partial charge < -0.3 is 14.5 Å². The zero-order valence-corrected chi connectivity index (χ0v) is 16.8. The molecule has 0 radical (unpaired) electrons. The molecule has 0 atom stereocenters. The van der Waals surface area contributed by atoms with Crippen molar-refractivity contribution >= 4 is 39.1 Å². The number of fused-ring (bicyclic) bond motifs is 1. The minimum Gasteiger partial charge on any atom is -0.464 e. The van der Waals surface area contributed by atoms with Gasteiger partial charge in [-0.15, -0.1) is 11.3 Å². The number of nitrogens with zero attached hydrogens (tertiary/aromatic N) is 2. The van der Waals surface area contributed by atoms with Crippen molar-refractivity contribution in [2.75, 3.05) is 11.9 Å². The van der Waals surface area contributed by atoms with Crippen molar-refractivity contribution in [2.45, 2.75) is 13.5 Å². The second-order valence-corrected chi connectivity index (χ2v) is 7.17. The summed E-state index contributed by atoms with van der Waals surface area (Å²) in [7, 11) is 0. The predicted octanol–water partition coefficient (Wildman–Crippen LogP) is 3.53. The fraction of sp³-hybridized carbons (Fsp3) is 0.143. The Hall–Kier alpha value is -3.72. The molecule has 0 saturated carbocycles. The Morgan fingerprint density at radius 3 is 2.83 bits per heavy atom. The summed E-state index contributed by atoms with van der Waals surface area (Å²) in [5.41, 5.74) is 0.992. The van der Waals surface area contributed by atoms with Crippen LogP contribution in [0.25, 0.3) is 22.2 Å².